The normalized spacial score (nSPS) is 19.1. The predicted octanol–water partition coefficient (Wildman–Crippen LogP) is 2.59. The van der Waals surface area contributed by atoms with Gasteiger partial charge in [0.05, 0.1) is 0 Å². The summed E-state index contributed by atoms with van der Waals surface area (Å²) < 4.78 is 0. The van der Waals surface area contributed by atoms with Gasteiger partial charge < -0.3 is 15.3 Å². The minimum absolute atomic E-state index is 0.0154. The van der Waals surface area contributed by atoms with Crippen LogP contribution in [0.4, 0.5) is 4.79 Å². The van der Waals surface area contributed by atoms with E-state index in [9.17, 15) is 4.79 Å². The molecule has 116 valence electrons. The first-order chi connectivity index (χ1) is 10.1. The van der Waals surface area contributed by atoms with E-state index in [-0.39, 0.29) is 24.6 Å². The Hall–Kier alpha value is -1.55. The van der Waals surface area contributed by atoms with Crippen molar-refractivity contribution in [1.29, 1.82) is 0 Å². The molecule has 0 radical (unpaired) electrons. The quantitative estimate of drug-likeness (QED) is 0.895. The average molecular weight is 290 g/mol. The monoisotopic (exact) mass is 290 g/mol. The van der Waals surface area contributed by atoms with Gasteiger partial charge in [-0.15, -0.1) is 0 Å². The summed E-state index contributed by atoms with van der Waals surface area (Å²) in [7, 11) is 0. The molecule has 0 aliphatic carbocycles. The molecular formula is C17H26N2O2. The number of hydrogen-bond donors (Lipinski definition) is 2. The van der Waals surface area contributed by atoms with Crippen molar-refractivity contribution in [3.8, 4) is 0 Å². The van der Waals surface area contributed by atoms with E-state index in [2.05, 4.69) is 31.3 Å². The smallest absolute Gasteiger partial charge is 0.317 e. The highest BCUT2D eigenvalue weighted by Crippen LogP contribution is 2.20. The minimum Gasteiger partial charge on any atom is -0.396 e. The van der Waals surface area contributed by atoms with Crippen LogP contribution in [0, 0.1) is 5.92 Å². The number of benzene rings is 1. The van der Waals surface area contributed by atoms with Crippen LogP contribution in [0.2, 0.25) is 0 Å². The fourth-order valence-corrected chi connectivity index (χ4v) is 2.77. The van der Waals surface area contributed by atoms with Crippen LogP contribution in [0.25, 0.3) is 0 Å². The molecule has 1 heterocycles. The van der Waals surface area contributed by atoms with Gasteiger partial charge in [-0.05, 0) is 31.2 Å². The molecule has 4 nitrogen and oxygen atoms in total. The molecule has 2 rings (SSSR count). The molecule has 0 saturated carbocycles. The largest absolute Gasteiger partial charge is 0.396 e. The summed E-state index contributed by atoms with van der Waals surface area (Å²) in [5.74, 6) is 0.639. The summed E-state index contributed by atoms with van der Waals surface area (Å²) in [6.07, 6.45) is 1.79. The number of aliphatic hydroxyl groups is 1. The topological polar surface area (TPSA) is 52.6 Å². The lowest BCUT2D eigenvalue weighted by Crippen LogP contribution is -2.48. The molecule has 2 amide bonds. The summed E-state index contributed by atoms with van der Waals surface area (Å²) in [4.78, 5) is 14.2. The van der Waals surface area contributed by atoms with E-state index in [1.54, 1.807) is 0 Å². The fraction of sp³-hybridized carbons (Fsp3) is 0.588. The maximum atomic E-state index is 12.3. The molecule has 2 unspecified atom stereocenters. The Morgan fingerprint density at radius 2 is 1.90 bits per heavy atom. The lowest BCUT2D eigenvalue weighted by Gasteiger charge is -2.33. The number of aliphatic hydroxyl groups excluding tert-OH is 1. The molecule has 1 fully saturated rings. The lowest BCUT2D eigenvalue weighted by molar-refractivity contribution is 0.135. The van der Waals surface area contributed by atoms with Crippen molar-refractivity contribution in [2.45, 2.75) is 38.6 Å². The van der Waals surface area contributed by atoms with E-state index in [4.69, 9.17) is 5.11 Å². The minimum atomic E-state index is 0.0154. The van der Waals surface area contributed by atoms with E-state index in [0.717, 1.165) is 25.9 Å². The number of piperidine rings is 1. The molecule has 1 aliphatic heterocycles. The second kappa shape index (κ2) is 7.46. The van der Waals surface area contributed by atoms with Crippen LogP contribution in [0.15, 0.2) is 30.3 Å². The highest BCUT2D eigenvalue weighted by molar-refractivity contribution is 5.74. The summed E-state index contributed by atoms with van der Waals surface area (Å²) in [6.45, 7) is 5.90. The maximum absolute atomic E-state index is 12.3. The number of nitrogens with zero attached hydrogens (tertiary/aromatic N) is 1. The zero-order chi connectivity index (χ0) is 15.2. The summed E-state index contributed by atoms with van der Waals surface area (Å²) in [6, 6.07) is 10.4. The standard InChI is InChI=1S/C17H26N2O2/c1-13(16-6-4-3-5-7-16)14(2)18-17(21)19-10-8-15(12-20)9-11-19/h3-7,13-15,20H,8-12H2,1-2H3,(H,18,21). The first-order valence-corrected chi connectivity index (χ1v) is 7.83. The first-order valence-electron chi connectivity index (χ1n) is 7.83. The van der Waals surface area contributed by atoms with Crippen LogP contribution < -0.4 is 5.32 Å². The average Bonchev–Trinajstić information content (AvgIpc) is 2.55. The molecular weight excluding hydrogens is 264 g/mol. The Balaban J connectivity index is 1.85. The van der Waals surface area contributed by atoms with Gasteiger partial charge in [0.15, 0.2) is 0 Å². The van der Waals surface area contributed by atoms with Crippen molar-refractivity contribution in [2.75, 3.05) is 19.7 Å². The summed E-state index contributed by atoms with van der Waals surface area (Å²) in [5, 5.41) is 12.2. The van der Waals surface area contributed by atoms with Crippen molar-refractivity contribution < 1.29 is 9.90 Å². The molecule has 1 saturated heterocycles. The van der Waals surface area contributed by atoms with Crippen LogP contribution in [0.3, 0.4) is 0 Å². The van der Waals surface area contributed by atoms with Gasteiger partial charge >= 0.3 is 6.03 Å². The van der Waals surface area contributed by atoms with Gasteiger partial charge in [0, 0.05) is 31.7 Å². The van der Waals surface area contributed by atoms with Crippen molar-refractivity contribution in [2.24, 2.45) is 5.92 Å². The predicted molar refractivity (Wildman–Crippen MR) is 84.2 cm³/mol. The number of likely N-dealkylation sites (tertiary alicyclic amines) is 1. The third-order valence-electron chi connectivity index (χ3n) is 4.59. The van der Waals surface area contributed by atoms with Gasteiger partial charge in [-0.25, -0.2) is 4.79 Å². The Labute approximate surface area is 127 Å². The van der Waals surface area contributed by atoms with Gasteiger partial charge in [-0.1, -0.05) is 37.3 Å². The van der Waals surface area contributed by atoms with Crippen molar-refractivity contribution in [1.82, 2.24) is 10.2 Å². The van der Waals surface area contributed by atoms with Gasteiger partial charge in [0.25, 0.3) is 0 Å². The number of hydrogen-bond acceptors (Lipinski definition) is 2. The molecule has 2 atom stereocenters. The summed E-state index contributed by atoms with van der Waals surface area (Å²) >= 11 is 0. The molecule has 1 aliphatic rings. The fourth-order valence-electron chi connectivity index (χ4n) is 2.77. The van der Waals surface area contributed by atoms with Crippen molar-refractivity contribution in [3.05, 3.63) is 35.9 Å². The third-order valence-corrected chi connectivity index (χ3v) is 4.59. The van der Waals surface area contributed by atoms with Gasteiger partial charge in [-0.3, -0.25) is 0 Å². The number of rotatable bonds is 4. The number of urea groups is 1. The lowest BCUT2D eigenvalue weighted by atomic mass is 9.94. The number of carbonyl (C=O) groups is 1. The van der Waals surface area contributed by atoms with Crippen LogP contribution in [-0.4, -0.2) is 41.8 Å². The van der Waals surface area contributed by atoms with Crippen molar-refractivity contribution >= 4 is 6.03 Å². The molecule has 1 aromatic rings. The van der Waals surface area contributed by atoms with Crippen LogP contribution in [-0.2, 0) is 0 Å². The Morgan fingerprint density at radius 1 is 1.29 bits per heavy atom. The van der Waals surface area contributed by atoms with Gasteiger partial charge in [-0.2, -0.15) is 0 Å². The van der Waals surface area contributed by atoms with Gasteiger partial charge in [0.2, 0.25) is 0 Å². The SMILES string of the molecule is CC(NC(=O)N1CCC(CO)CC1)C(C)c1ccccc1. The van der Waals surface area contributed by atoms with E-state index in [0.29, 0.717) is 5.92 Å². The highest BCUT2D eigenvalue weighted by atomic mass is 16.3. The van der Waals surface area contributed by atoms with E-state index < -0.39 is 0 Å². The Kier molecular flexibility index (Phi) is 5.62. The molecule has 4 heteroatoms. The van der Waals surface area contributed by atoms with Crippen molar-refractivity contribution in [3.63, 3.8) is 0 Å². The molecule has 2 N–H and O–H groups in total. The number of nitrogens with one attached hydrogen (secondary N) is 1. The Morgan fingerprint density at radius 3 is 2.48 bits per heavy atom. The molecule has 0 bridgehead atoms. The third kappa shape index (κ3) is 4.21. The highest BCUT2D eigenvalue weighted by Gasteiger charge is 2.24. The molecule has 0 spiro atoms. The van der Waals surface area contributed by atoms with E-state index >= 15 is 0 Å². The molecule has 0 aromatic heterocycles. The van der Waals surface area contributed by atoms with E-state index in [1.807, 2.05) is 23.1 Å². The van der Waals surface area contributed by atoms with Gasteiger partial charge in [0.1, 0.15) is 0 Å². The molecule has 21 heavy (non-hydrogen) atoms. The van der Waals surface area contributed by atoms with E-state index in [1.165, 1.54) is 5.56 Å². The zero-order valence-corrected chi connectivity index (χ0v) is 13.0. The summed E-state index contributed by atoms with van der Waals surface area (Å²) in [5.41, 5.74) is 1.24. The Bertz CT molecular complexity index is 441. The number of amides is 2. The second-order valence-electron chi connectivity index (χ2n) is 6.05. The van der Waals surface area contributed by atoms with Crippen LogP contribution >= 0.6 is 0 Å². The van der Waals surface area contributed by atoms with Crippen LogP contribution in [0.1, 0.15) is 38.2 Å². The van der Waals surface area contributed by atoms with Crippen LogP contribution in [0.5, 0.6) is 0 Å². The first kappa shape index (κ1) is 15.8. The maximum Gasteiger partial charge on any atom is 0.317 e. The second-order valence-corrected chi connectivity index (χ2v) is 6.05. The number of carbonyl (C=O) groups excluding carboxylic acids is 1. The molecule has 1 aromatic carbocycles. The zero-order valence-electron chi connectivity index (χ0n) is 13.0.